The molecular formula is C18H17FN4O4. The lowest BCUT2D eigenvalue weighted by Crippen LogP contribution is -2.13. The first-order valence-electron chi connectivity index (χ1n) is 7.83. The van der Waals surface area contributed by atoms with E-state index in [4.69, 9.17) is 14.2 Å². The van der Waals surface area contributed by atoms with Crippen LogP contribution in [0, 0.1) is 5.82 Å². The number of ether oxygens (including phenoxy) is 3. The molecule has 0 spiro atoms. The second-order valence-corrected chi connectivity index (χ2v) is 5.37. The van der Waals surface area contributed by atoms with Crippen LogP contribution < -0.4 is 19.5 Å². The van der Waals surface area contributed by atoms with Crippen LogP contribution >= 0.6 is 0 Å². The third kappa shape index (κ3) is 3.66. The van der Waals surface area contributed by atoms with Gasteiger partial charge in [0.05, 0.1) is 21.3 Å². The summed E-state index contributed by atoms with van der Waals surface area (Å²) >= 11 is 0. The van der Waals surface area contributed by atoms with Gasteiger partial charge in [0.15, 0.2) is 17.3 Å². The summed E-state index contributed by atoms with van der Waals surface area (Å²) in [4.78, 5) is 16.3. The first-order chi connectivity index (χ1) is 13.1. The van der Waals surface area contributed by atoms with Crippen molar-refractivity contribution >= 4 is 11.6 Å². The number of nitrogens with one attached hydrogen (secondary N) is 1. The van der Waals surface area contributed by atoms with Gasteiger partial charge in [-0.1, -0.05) is 0 Å². The Labute approximate surface area is 154 Å². The van der Waals surface area contributed by atoms with Crippen LogP contribution in [-0.2, 0) is 0 Å². The predicted molar refractivity (Wildman–Crippen MR) is 95.4 cm³/mol. The number of carbonyl (C=O) groups is 1. The molecule has 0 unspecified atom stereocenters. The predicted octanol–water partition coefficient (Wildman–Crippen LogP) is 2.68. The van der Waals surface area contributed by atoms with E-state index in [1.807, 2.05) is 0 Å². The molecule has 1 amide bonds. The summed E-state index contributed by atoms with van der Waals surface area (Å²) in [5.74, 6) is 0.0505. The second-order valence-electron chi connectivity index (χ2n) is 5.37. The average Bonchev–Trinajstić information content (AvgIpc) is 3.21. The van der Waals surface area contributed by atoms with Gasteiger partial charge in [0.25, 0.3) is 5.91 Å². The van der Waals surface area contributed by atoms with Crippen LogP contribution in [0.25, 0.3) is 5.69 Å². The fourth-order valence-electron chi connectivity index (χ4n) is 2.52. The van der Waals surface area contributed by atoms with Crippen molar-refractivity contribution in [2.45, 2.75) is 0 Å². The number of rotatable bonds is 6. The van der Waals surface area contributed by atoms with Crippen molar-refractivity contribution in [2.24, 2.45) is 0 Å². The van der Waals surface area contributed by atoms with E-state index in [0.717, 1.165) is 0 Å². The molecule has 0 aliphatic heterocycles. The minimum Gasteiger partial charge on any atom is -0.493 e. The van der Waals surface area contributed by atoms with Crippen LogP contribution in [0.2, 0.25) is 0 Å². The normalized spacial score (nSPS) is 10.4. The van der Waals surface area contributed by atoms with Gasteiger partial charge < -0.3 is 19.5 Å². The van der Waals surface area contributed by atoms with Crippen LogP contribution in [-0.4, -0.2) is 42.0 Å². The van der Waals surface area contributed by atoms with Crippen LogP contribution in [0.1, 0.15) is 10.4 Å². The number of methoxy groups -OCH3 is 3. The molecule has 0 saturated carbocycles. The molecule has 3 aromatic rings. The molecule has 0 aliphatic rings. The van der Waals surface area contributed by atoms with Crippen molar-refractivity contribution in [3.63, 3.8) is 0 Å². The van der Waals surface area contributed by atoms with Crippen molar-refractivity contribution in [3.05, 3.63) is 54.4 Å². The zero-order valence-corrected chi connectivity index (χ0v) is 14.9. The molecule has 1 heterocycles. The smallest absolute Gasteiger partial charge is 0.255 e. The van der Waals surface area contributed by atoms with Gasteiger partial charge in [-0.15, -0.1) is 0 Å². The minimum atomic E-state index is -0.553. The molecule has 0 bridgehead atoms. The number of hydrogen-bond donors (Lipinski definition) is 1. The maximum atomic E-state index is 14.3. The summed E-state index contributed by atoms with van der Waals surface area (Å²) in [6.07, 6.45) is 2.69. The van der Waals surface area contributed by atoms with Gasteiger partial charge in [-0.05, 0) is 30.3 Å². The molecule has 8 nitrogen and oxygen atoms in total. The van der Waals surface area contributed by atoms with Crippen molar-refractivity contribution in [3.8, 4) is 22.9 Å². The van der Waals surface area contributed by atoms with Gasteiger partial charge in [-0.2, -0.15) is 5.10 Å². The molecular weight excluding hydrogens is 355 g/mol. The Morgan fingerprint density at radius 3 is 2.30 bits per heavy atom. The average molecular weight is 372 g/mol. The number of hydrogen-bond acceptors (Lipinski definition) is 6. The monoisotopic (exact) mass is 372 g/mol. The lowest BCUT2D eigenvalue weighted by Gasteiger charge is -2.14. The first kappa shape index (κ1) is 18.2. The molecule has 0 radical (unpaired) electrons. The van der Waals surface area contributed by atoms with Crippen molar-refractivity contribution in [1.82, 2.24) is 14.8 Å². The Morgan fingerprint density at radius 1 is 1.07 bits per heavy atom. The van der Waals surface area contributed by atoms with Gasteiger partial charge in [0, 0.05) is 11.3 Å². The highest BCUT2D eigenvalue weighted by atomic mass is 19.1. The minimum absolute atomic E-state index is 0.221. The molecule has 1 aromatic heterocycles. The maximum Gasteiger partial charge on any atom is 0.255 e. The van der Waals surface area contributed by atoms with Crippen molar-refractivity contribution < 1.29 is 23.4 Å². The first-order valence-corrected chi connectivity index (χ1v) is 7.83. The summed E-state index contributed by atoms with van der Waals surface area (Å²) in [7, 11) is 4.38. The fraction of sp³-hybridized carbons (Fsp3) is 0.167. The summed E-state index contributed by atoms with van der Waals surface area (Å²) in [6.45, 7) is 0. The lowest BCUT2D eigenvalue weighted by molar-refractivity contribution is 0.102. The van der Waals surface area contributed by atoms with Gasteiger partial charge in [-0.3, -0.25) is 4.79 Å². The molecule has 3 rings (SSSR count). The van der Waals surface area contributed by atoms with Crippen LogP contribution in [0.4, 0.5) is 10.1 Å². The van der Waals surface area contributed by atoms with E-state index >= 15 is 0 Å². The Hall–Kier alpha value is -3.62. The van der Waals surface area contributed by atoms with Gasteiger partial charge in [0.2, 0.25) is 5.75 Å². The Morgan fingerprint density at radius 2 is 1.78 bits per heavy atom. The van der Waals surface area contributed by atoms with E-state index in [1.54, 1.807) is 6.07 Å². The zero-order chi connectivity index (χ0) is 19.4. The third-order valence-corrected chi connectivity index (χ3v) is 3.80. The number of halogens is 1. The standard InChI is InChI=1S/C18H17FN4O4/c1-25-15-6-11(7-16(26-2)17(15)27-3)18(24)22-12-4-5-14(13(19)8-12)23-10-20-9-21-23/h4-10H,1-3H3,(H,22,24). The summed E-state index contributed by atoms with van der Waals surface area (Å²) < 4.78 is 31.3. The number of nitrogens with zero attached hydrogens (tertiary/aromatic N) is 3. The van der Waals surface area contributed by atoms with Crippen LogP contribution in [0.15, 0.2) is 43.0 Å². The molecule has 9 heteroatoms. The van der Waals surface area contributed by atoms with Crippen LogP contribution in [0.3, 0.4) is 0 Å². The number of aromatic nitrogens is 3. The Bertz CT molecular complexity index is 935. The Balaban J connectivity index is 1.86. The topological polar surface area (TPSA) is 87.5 Å². The van der Waals surface area contributed by atoms with Crippen molar-refractivity contribution in [2.75, 3.05) is 26.6 Å². The SMILES string of the molecule is COc1cc(C(=O)Nc2ccc(-n3cncn3)c(F)c2)cc(OC)c1OC. The highest BCUT2D eigenvalue weighted by molar-refractivity contribution is 6.05. The quantitative estimate of drug-likeness (QED) is 0.716. The van der Waals surface area contributed by atoms with E-state index in [-0.39, 0.29) is 16.9 Å². The number of anilines is 1. The molecule has 2 aromatic carbocycles. The highest BCUT2D eigenvalue weighted by Crippen LogP contribution is 2.38. The van der Waals surface area contributed by atoms with E-state index in [0.29, 0.717) is 17.2 Å². The highest BCUT2D eigenvalue weighted by Gasteiger charge is 2.17. The van der Waals surface area contributed by atoms with E-state index in [9.17, 15) is 9.18 Å². The molecule has 0 fully saturated rings. The number of amides is 1. The molecule has 1 N–H and O–H groups in total. The zero-order valence-electron chi connectivity index (χ0n) is 14.9. The van der Waals surface area contributed by atoms with E-state index < -0.39 is 11.7 Å². The summed E-state index contributed by atoms with van der Waals surface area (Å²) in [5.41, 5.74) is 0.777. The molecule has 0 atom stereocenters. The second kappa shape index (κ2) is 7.73. The summed E-state index contributed by atoms with van der Waals surface area (Å²) in [5, 5.41) is 6.51. The molecule has 0 saturated heterocycles. The van der Waals surface area contributed by atoms with Gasteiger partial charge in [-0.25, -0.2) is 14.1 Å². The molecule has 27 heavy (non-hydrogen) atoms. The number of benzene rings is 2. The maximum absolute atomic E-state index is 14.3. The molecule has 140 valence electrons. The lowest BCUT2D eigenvalue weighted by atomic mass is 10.1. The van der Waals surface area contributed by atoms with E-state index in [2.05, 4.69) is 15.4 Å². The van der Waals surface area contributed by atoms with Crippen LogP contribution in [0.5, 0.6) is 17.2 Å². The molecule has 0 aliphatic carbocycles. The van der Waals surface area contributed by atoms with E-state index in [1.165, 1.54) is 62.9 Å². The van der Waals surface area contributed by atoms with Gasteiger partial charge >= 0.3 is 0 Å². The number of carbonyl (C=O) groups excluding carboxylic acids is 1. The summed E-state index contributed by atoms with van der Waals surface area (Å²) in [6, 6.07) is 7.28. The van der Waals surface area contributed by atoms with Crippen molar-refractivity contribution in [1.29, 1.82) is 0 Å². The fourth-order valence-corrected chi connectivity index (χ4v) is 2.52. The Kier molecular flexibility index (Phi) is 5.20. The third-order valence-electron chi connectivity index (χ3n) is 3.80. The largest absolute Gasteiger partial charge is 0.493 e. The van der Waals surface area contributed by atoms with Gasteiger partial charge in [0.1, 0.15) is 18.3 Å².